The molecule has 0 N–H and O–H groups in total. The van der Waals surface area contributed by atoms with Crippen LogP contribution in [-0.2, 0) is 13.6 Å². The fourth-order valence-corrected chi connectivity index (χ4v) is 2.71. The van der Waals surface area contributed by atoms with E-state index in [-0.39, 0.29) is 5.56 Å². The van der Waals surface area contributed by atoms with Gasteiger partial charge in [0.25, 0.3) is 5.56 Å². The zero-order valence-electron chi connectivity index (χ0n) is 13.5. The number of aromatic nitrogens is 3. The fraction of sp³-hybridized carbons (Fsp3) is 0.222. The van der Waals surface area contributed by atoms with Crippen LogP contribution in [-0.4, -0.2) is 21.2 Å². The normalized spacial score (nSPS) is 10.7. The van der Waals surface area contributed by atoms with Crippen LogP contribution in [0.25, 0.3) is 11.4 Å². The van der Waals surface area contributed by atoms with Gasteiger partial charge in [-0.15, -0.1) is 0 Å². The Morgan fingerprint density at radius 1 is 1.26 bits per heavy atom. The Bertz CT molecular complexity index is 867. The first-order chi connectivity index (χ1) is 11.1. The molecular weight excluding hydrogens is 290 g/mol. The highest BCUT2D eigenvalue weighted by atomic mass is 16.5. The number of para-hydroxylation sites is 1. The summed E-state index contributed by atoms with van der Waals surface area (Å²) in [5, 5.41) is 0. The number of nitrogens with zero attached hydrogens (tertiary/aromatic N) is 3. The first-order valence-electron chi connectivity index (χ1n) is 7.41. The van der Waals surface area contributed by atoms with Crippen molar-refractivity contribution < 1.29 is 4.74 Å². The molecule has 0 aliphatic heterocycles. The minimum absolute atomic E-state index is 0.0107. The van der Waals surface area contributed by atoms with Crippen molar-refractivity contribution in [3.8, 4) is 17.1 Å². The van der Waals surface area contributed by atoms with Gasteiger partial charge in [0.05, 0.1) is 13.7 Å². The molecule has 2 heterocycles. The monoisotopic (exact) mass is 309 g/mol. The van der Waals surface area contributed by atoms with Crippen LogP contribution < -0.4 is 10.3 Å². The highest BCUT2D eigenvalue weighted by Crippen LogP contribution is 2.22. The number of pyridine rings is 1. The minimum Gasteiger partial charge on any atom is -0.496 e. The lowest BCUT2D eigenvalue weighted by Gasteiger charge is -2.12. The molecule has 118 valence electrons. The van der Waals surface area contributed by atoms with Gasteiger partial charge in [0.15, 0.2) is 0 Å². The third kappa shape index (κ3) is 2.90. The van der Waals surface area contributed by atoms with Crippen LogP contribution in [0.1, 0.15) is 11.1 Å². The van der Waals surface area contributed by atoms with Crippen LogP contribution >= 0.6 is 0 Å². The van der Waals surface area contributed by atoms with Crippen molar-refractivity contribution in [3.63, 3.8) is 0 Å². The van der Waals surface area contributed by atoms with E-state index in [9.17, 15) is 4.79 Å². The van der Waals surface area contributed by atoms with Crippen molar-refractivity contribution in [1.82, 2.24) is 14.1 Å². The Kier molecular flexibility index (Phi) is 4.02. The standard InChI is InChI=1S/C18H19N3O2/c1-13-10-15(11-20(2)18(13)22)17-19-8-9-21(17)12-14-6-4-5-7-16(14)23-3/h4-11H,12H2,1-3H3. The number of methoxy groups -OCH3 is 1. The van der Waals surface area contributed by atoms with Crippen molar-refractivity contribution in [2.75, 3.05) is 7.11 Å². The first-order valence-corrected chi connectivity index (χ1v) is 7.41. The van der Waals surface area contributed by atoms with Gasteiger partial charge in [-0.05, 0) is 19.1 Å². The third-order valence-corrected chi connectivity index (χ3v) is 3.87. The number of benzene rings is 1. The van der Waals surface area contributed by atoms with Gasteiger partial charge >= 0.3 is 0 Å². The predicted molar refractivity (Wildman–Crippen MR) is 89.7 cm³/mol. The van der Waals surface area contributed by atoms with Gasteiger partial charge in [0.1, 0.15) is 11.6 Å². The maximum Gasteiger partial charge on any atom is 0.253 e. The van der Waals surface area contributed by atoms with Gasteiger partial charge in [-0.3, -0.25) is 4.79 Å². The zero-order valence-corrected chi connectivity index (χ0v) is 13.5. The molecule has 3 aromatic rings. The van der Waals surface area contributed by atoms with Crippen molar-refractivity contribution in [2.24, 2.45) is 7.05 Å². The van der Waals surface area contributed by atoms with E-state index in [0.29, 0.717) is 12.1 Å². The van der Waals surface area contributed by atoms with Gasteiger partial charge < -0.3 is 13.9 Å². The third-order valence-electron chi connectivity index (χ3n) is 3.87. The summed E-state index contributed by atoms with van der Waals surface area (Å²) in [6.07, 6.45) is 5.52. The van der Waals surface area contributed by atoms with E-state index in [2.05, 4.69) is 9.55 Å². The molecule has 2 aromatic heterocycles. The van der Waals surface area contributed by atoms with E-state index in [4.69, 9.17) is 4.74 Å². The van der Waals surface area contributed by atoms with Crippen molar-refractivity contribution in [3.05, 3.63) is 70.4 Å². The van der Waals surface area contributed by atoms with Crippen molar-refractivity contribution >= 4 is 0 Å². The average Bonchev–Trinajstić information content (AvgIpc) is 3.01. The number of hydrogen-bond acceptors (Lipinski definition) is 3. The molecule has 5 heteroatoms. The van der Waals surface area contributed by atoms with E-state index >= 15 is 0 Å². The SMILES string of the molecule is COc1ccccc1Cn1ccnc1-c1cc(C)c(=O)n(C)c1. The largest absolute Gasteiger partial charge is 0.496 e. The highest BCUT2D eigenvalue weighted by molar-refractivity contribution is 5.55. The summed E-state index contributed by atoms with van der Waals surface area (Å²) in [5.41, 5.74) is 2.72. The lowest BCUT2D eigenvalue weighted by atomic mass is 10.1. The molecule has 3 rings (SSSR count). The Labute approximate surface area is 134 Å². The molecule has 0 aliphatic carbocycles. The molecular formula is C18H19N3O2. The van der Waals surface area contributed by atoms with Crippen molar-refractivity contribution in [1.29, 1.82) is 0 Å². The molecule has 0 unspecified atom stereocenters. The summed E-state index contributed by atoms with van der Waals surface area (Å²) in [4.78, 5) is 16.3. The molecule has 1 aromatic carbocycles. The summed E-state index contributed by atoms with van der Waals surface area (Å²) in [5.74, 6) is 1.68. The summed E-state index contributed by atoms with van der Waals surface area (Å²) >= 11 is 0. The van der Waals surface area contributed by atoms with Gasteiger partial charge in [-0.1, -0.05) is 18.2 Å². The van der Waals surface area contributed by atoms with Gasteiger partial charge in [-0.2, -0.15) is 0 Å². The number of ether oxygens (including phenoxy) is 1. The van der Waals surface area contributed by atoms with E-state index in [0.717, 1.165) is 22.7 Å². The quantitative estimate of drug-likeness (QED) is 0.744. The van der Waals surface area contributed by atoms with Crippen LogP contribution in [0.5, 0.6) is 5.75 Å². The zero-order chi connectivity index (χ0) is 16.4. The van der Waals surface area contributed by atoms with Crippen molar-refractivity contribution in [2.45, 2.75) is 13.5 Å². The molecule has 0 radical (unpaired) electrons. The van der Waals surface area contributed by atoms with Gasteiger partial charge in [-0.25, -0.2) is 4.98 Å². The smallest absolute Gasteiger partial charge is 0.253 e. The van der Waals surface area contributed by atoms with E-state index in [1.807, 2.05) is 49.6 Å². The summed E-state index contributed by atoms with van der Waals surface area (Å²) < 4.78 is 9.06. The molecule has 23 heavy (non-hydrogen) atoms. The summed E-state index contributed by atoms with van der Waals surface area (Å²) in [6, 6.07) is 9.80. The summed E-state index contributed by atoms with van der Waals surface area (Å²) in [6.45, 7) is 2.47. The molecule has 0 saturated heterocycles. The van der Waals surface area contributed by atoms with E-state index in [1.165, 1.54) is 0 Å². The maximum absolute atomic E-state index is 11.9. The summed E-state index contributed by atoms with van der Waals surface area (Å²) in [7, 11) is 3.43. The van der Waals surface area contributed by atoms with Crippen LogP contribution in [0.3, 0.4) is 0 Å². The topological polar surface area (TPSA) is 49.1 Å². The van der Waals surface area contributed by atoms with Crippen LogP contribution in [0.15, 0.2) is 53.7 Å². The second kappa shape index (κ2) is 6.12. The predicted octanol–water partition coefficient (Wildman–Crippen LogP) is 2.61. The van der Waals surface area contributed by atoms with Gasteiger partial charge in [0.2, 0.25) is 0 Å². The van der Waals surface area contributed by atoms with Crippen LogP contribution in [0.4, 0.5) is 0 Å². The fourth-order valence-electron chi connectivity index (χ4n) is 2.71. The average molecular weight is 309 g/mol. The molecule has 0 saturated carbocycles. The highest BCUT2D eigenvalue weighted by Gasteiger charge is 2.11. The Hall–Kier alpha value is -2.82. The lowest BCUT2D eigenvalue weighted by Crippen LogP contribution is -2.18. The van der Waals surface area contributed by atoms with E-state index < -0.39 is 0 Å². The molecule has 0 spiro atoms. The molecule has 0 amide bonds. The Balaban J connectivity index is 2.02. The minimum atomic E-state index is 0.0107. The number of hydrogen-bond donors (Lipinski definition) is 0. The number of imidazole rings is 1. The molecule has 5 nitrogen and oxygen atoms in total. The van der Waals surface area contributed by atoms with Gasteiger partial charge in [0, 0.05) is 42.3 Å². The van der Waals surface area contributed by atoms with Crippen LogP contribution in [0, 0.1) is 6.92 Å². The second-order valence-corrected chi connectivity index (χ2v) is 5.52. The Morgan fingerprint density at radius 3 is 2.78 bits per heavy atom. The van der Waals surface area contributed by atoms with Crippen LogP contribution in [0.2, 0.25) is 0 Å². The molecule has 0 bridgehead atoms. The Morgan fingerprint density at radius 2 is 2.04 bits per heavy atom. The number of rotatable bonds is 4. The van der Waals surface area contributed by atoms with E-state index in [1.54, 1.807) is 24.9 Å². The maximum atomic E-state index is 11.9. The molecule has 0 fully saturated rings. The first kappa shape index (κ1) is 15.1. The molecule has 0 atom stereocenters. The molecule has 0 aliphatic rings. The number of aryl methyl sites for hydroxylation is 2. The second-order valence-electron chi connectivity index (χ2n) is 5.52. The lowest BCUT2D eigenvalue weighted by molar-refractivity contribution is 0.408.